The number of carbonyl (C=O) groups is 1. The van der Waals surface area contributed by atoms with Gasteiger partial charge in [-0.05, 0) is 25.8 Å². The average Bonchev–Trinajstić information content (AvgIpc) is 3.10. The van der Waals surface area contributed by atoms with Gasteiger partial charge in [-0.25, -0.2) is 15.0 Å². The smallest absolute Gasteiger partial charge is 0.443 e. The molecule has 2 aliphatic rings. The molecule has 1 aliphatic carbocycles. The normalized spacial score (nSPS) is 20.5. The fourth-order valence-electron chi connectivity index (χ4n) is 3.62. The second-order valence-corrected chi connectivity index (χ2v) is 8.71. The number of carbonyl (C=O) groups excluding carboxylic acids is 1. The van der Waals surface area contributed by atoms with Gasteiger partial charge < -0.3 is 14.6 Å². The van der Waals surface area contributed by atoms with Crippen molar-refractivity contribution in [3.63, 3.8) is 0 Å². The van der Waals surface area contributed by atoms with Crippen LogP contribution in [0.25, 0.3) is 21.6 Å². The summed E-state index contributed by atoms with van der Waals surface area (Å²) in [5.74, 6) is 0.297. The van der Waals surface area contributed by atoms with Crippen LogP contribution in [0.4, 0.5) is 13.2 Å². The molecule has 1 saturated carbocycles. The van der Waals surface area contributed by atoms with Gasteiger partial charge >= 0.3 is 6.18 Å². The Morgan fingerprint density at radius 1 is 1.33 bits per heavy atom. The number of imidazole rings is 1. The fourth-order valence-corrected chi connectivity index (χ4v) is 4.36. The van der Waals surface area contributed by atoms with Crippen LogP contribution >= 0.6 is 11.3 Å². The van der Waals surface area contributed by atoms with Gasteiger partial charge in [-0.1, -0.05) is 0 Å². The number of thiazole rings is 1. The predicted molar refractivity (Wildman–Crippen MR) is 103 cm³/mol. The van der Waals surface area contributed by atoms with Gasteiger partial charge in [0.2, 0.25) is 11.8 Å². The van der Waals surface area contributed by atoms with Crippen molar-refractivity contribution in [3.8, 4) is 16.5 Å². The van der Waals surface area contributed by atoms with Crippen molar-refractivity contribution in [1.29, 1.82) is 0 Å². The molecule has 4 heterocycles. The van der Waals surface area contributed by atoms with Gasteiger partial charge in [0, 0.05) is 31.1 Å². The minimum absolute atomic E-state index is 0.00413. The summed E-state index contributed by atoms with van der Waals surface area (Å²) in [7, 11) is 0. The second-order valence-electron chi connectivity index (χ2n) is 7.68. The zero-order valence-electron chi connectivity index (χ0n) is 15.9. The van der Waals surface area contributed by atoms with E-state index in [9.17, 15) is 18.0 Å². The van der Waals surface area contributed by atoms with E-state index < -0.39 is 11.2 Å². The van der Waals surface area contributed by atoms with Crippen LogP contribution in [0.2, 0.25) is 0 Å². The topological polar surface area (TPSA) is 81.9 Å². The highest BCUT2D eigenvalue weighted by molar-refractivity contribution is 7.15. The summed E-state index contributed by atoms with van der Waals surface area (Å²) in [5.41, 5.74) is 1.67. The maximum absolute atomic E-state index is 13.0. The Kier molecular flexibility index (Phi) is 4.46. The number of aromatic nitrogens is 4. The summed E-state index contributed by atoms with van der Waals surface area (Å²) in [6, 6.07) is 2.00. The molecule has 1 saturated heterocycles. The Labute approximate surface area is 173 Å². The van der Waals surface area contributed by atoms with Crippen molar-refractivity contribution >= 4 is 28.3 Å². The van der Waals surface area contributed by atoms with Gasteiger partial charge in [0.1, 0.15) is 11.6 Å². The molecule has 0 bridgehead atoms. The highest BCUT2D eigenvalue weighted by Crippen LogP contribution is 2.42. The zero-order valence-corrected chi connectivity index (χ0v) is 16.8. The van der Waals surface area contributed by atoms with Gasteiger partial charge in [0.15, 0.2) is 5.01 Å². The first-order valence-electron chi connectivity index (χ1n) is 9.64. The Hall–Kier alpha value is -2.69. The van der Waals surface area contributed by atoms with Gasteiger partial charge in [-0.15, -0.1) is 11.3 Å². The van der Waals surface area contributed by atoms with Crippen LogP contribution in [0.15, 0.2) is 18.6 Å². The first kappa shape index (κ1) is 19.3. The van der Waals surface area contributed by atoms with Crippen LogP contribution in [0, 0.1) is 5.92 Å². The molecule has 0 aromatic carbocycles. The van der Waals surface area contributed by atoms with E-state index in [1.165, 1.54) is 6.20 Å². The number of nitrogens with zero attached hydrogens (tertiary/aromatic N) is 4. The van der Waals surface area contributed by atoms with Crippen LogP contribution in [-0.2, 0) is 11.0 Å². The highest BCUT2D eigenvalue weighted by atomic mass is 32.1. The van der Waals surface area contributed by atoms with Crippen molar-refractivity contribution in [2.45, 2.75) is 44.5 Å². The number of alkyl halides is 3. The van der Waals surface area contributed by atoms with E-state index in [2.05, 4.69) is 20.3 Å². The molecule has 5 rings (SSSR count). The summed E-state index contributed by atoms with van der Waals surface area (Å²) in [6.45, 7) is 2.39. The number of hydrogen-bond acceptors (Lipinski definition) is 6. The third-order valence-electron chi connectivity index (χ3n) is 5.43. The molecular formula is C19H18F3N5O2S. The van der Waals surface area contributed by atoms with Crippen LogP contribution in [0.1, 0.15) is 37.2 Å². The Bertz CT molecular complexity index is 1120. The summed E-state index contributed by atoms with van der Waals surface area (Å²) >= 11 is 0.537. The van der Waals surface area contributed by atoms with Gasteiger partial charge in [0.05, 0.1) is 22.4 Å². The molecule has 1 N–H and O–H groups in total. The highest BCUT2D eigenvalue weighted by Gasteiger charge is 2.35. The molecular weight excluding hydrogens is 419 g/mol. The largest absolute Gasteiger partial charge is 0.473 e. The van der Waals surface area contributed by atoms with E-state index >= 15 is 0 Å². The molecule has 3 aromatic heterocycles. The van der Waals surface area contributed by atoms with Crippen LogP contribution in [-0.4, -0.2) is 38.1 Å². The zero-order chi connectivity index (χ0) is 21.0. The number of hydrogen-bond donors (Lipinski definition) is 1. The van der Waals surface area contributed by atoms with E-state index in [1.807, 2.05) is 11.5 Å². The second kappa shape index (κ2) is 6.93. The number of nitrogens with one attached hydrogen (secondary N) is 1. The average molecular weight is 437 g/mol. The summed E-state index contributed by atoms with van der Waals surface area (Å²) in [6.07, 6.45) is 0.530. The molecule has 3 aromatic rings. The predicted octanol–water partition coefficient (Wildman–Crippen LogP) is 3.81. The number of amides is 1. The summed E-state index contributed by atoms with van der Waals surface area (Å²) < 4.78 is 47.1. The van der Waals surface area contributed by atoms with Gasteiger partial charge in [-0.3, -0.25) is 4.79 Å². The van der Waals surface area contributed by atoms with E-state index in [0.29, 0.717) is 52.3 Å². The van der Waals surface area contributed by atoms with Gasteiger partial charge in [-0.2, -0.15) is 13.2 Å². The first-order valence-corrected chi connectivity index (χ1v) is 10.5. The minimum atomic E-state index is -4.50. The van der Waals surface area contributed by atoms with Crippen molar-refractivity contribution in [1.82, 2.24) is 24.8 Å². The maximum Gasteiger partial charge on any atom is 0.443 e. The van der Waals surface area contributed by atoms with Crippen LogP contribution in [0.5, 0.6) is 5.88 Å². The molecule has 1 amide bonds. The maximum atomic E-state index is 13.0. The molecule has 1 aliphatic heterocycles. The van der Waals surface area contributed by atoms with Crippen LogP contribution in [0.3, 0.4) is 0 Å². The Morgan fingerprint density at radius 2 is 2.13 bits per heavy atom. The lowest BCUT2D eigenvalue weighted by molar-refractivity contribution is -0.137. The Balaban J connectivity index is 1.55. The molecule has 2 fully saturated rings. The van der Waals surface area contributed by atoms with Crippen molar-refractivity contribution in [3.05, 3.63) is 23.6 Å². The number of ether oxygens (including phenoxy) is 1. The lowest BCUT2D eigenvalue weighted by Gasteiger charge is -2.20. The third-order valence-corrected chi connectivity index (χ3v) is 6.50. The van der Waals surface area contributed by atoms with E-state index in [4.69, 9.17) is 4.74 Å². The lowest BCUT2D eigenvalue weighted by atomic mass is 10.0. The number of rotatable bonds is 5. The molecule has 2 unspecified atom stereocenters. The number of fused-ring (bicyclic) bond motifs is 1. The monoisotopic (exact) mass is 437 g/mol. The minimum Gasteiger partial charge on any atom is -0.473 e. The van der Waals surface area contributed by atoms with Crippen molar-refractivity contribution in [2.75, 3.05) is 6.54 Å². The molecule has 158 valence electrons. The standard InChI is InChI=1S/C19H18F3N5O2S/c1-9(10-4-15(28)23-6-10)29-17-16-13(25-8-27(16)11-2-3-11)5-12(26-17)14-7-24-18(30-14)19(20,21)22/h5,7-11H,2-4,6H2,1H3,(H,23,28). The van der Waals surface area contributed by atoms with Crippen molar-refractivity contribution in [2.24, 2.45) is 5.92 Å². The quantitative estimate of drug-likeness (QED) is 0.657. The van der Waals surface area contributed by atoms with Crippen LogP contribution < -0.4 is 10.1 Å². The third kappa shape index (κ3) is 3.51. The molecule has 11 heteroatoms. The van der Waals surface area contributed by atoms with Gasteiger partial charge in [0.25, 0.3) is 0 Å². The van der Waals surface area contributed by atoms with E-state index in [-0.39, 0.29) is 17.9 Å². The fraction of sp³-hybridized carbons (Fsp3) is 0.474. The molecule has 30 heavy (non-hydrogen) atoms. The van der Waals surface area contributed by atoms with E-state index in [0.717, 1.165) is 18.4 Å². The number of pyridine rings is 1. The lowest BCUT2D eigenvalue weighted by Crippen LogP contribution is -2.26. The first-order chi connectivity index (χ1) is 14.3. The molecule has 7 nitrogen and oxygen atoms in total. The SMILES string of the molecule is CC(Oc1nc(-c2cnc(C(F)(F)F)s2)cc2ncn(C3CC3)c12)C1CNC(=O)C1. The summed E-state index contributed by atoms with van der Waals surface area (Å²) in [5, 5.41) is 1.87. The molecule has 2 atom stereocenters. The summed E-state index contributed by atoms with van der Waals surface area (Å²) in [4.78, 5) is 24.3. The molecule has 0 radical (unpaired) electrons. The number of halogens is 3. The van der Waals surface area contributed by atoms with E-state index in [1.54, 1.807) is 12.4 Å². The Morgan fingerprint density at radius 3 is 2.77 bits per heavy atom. The molecule has 0 spiro atoms. The van der Waals surface area contributed by atoms with Crippen molar-refractivity contribution < 1.29 is 22.7 Å².